The minimum absolute atomic E-state index is 0.0864. The van der Waals surface area contributed by atoms with Crippen LogP contribution in [0.3, 0.4) is 0 Å². The molecule has 1 rings (SSSR count). The van der Waals surface area contributed by atoms with Gasteiger partial charge in [0.1, 0.15) is 5.82 Å². The Morgan fingerprint density at radius 3 is 2.82 bits per heavy atom. The van der Waals surface area contributed by atoms with Crippen molar-refractivity contribution >= 4 is 11.6 Å². The Labute approximate surface area is 67.9 Å². The second-order valence-corrected chi connectivity index (χ2v) is 2.36. The maximum atomic E-state index is 10.9. The summed E-state index contributed by atoms with van der Waals surface area (Å²) >= 11 is 5.38. The predicted octanol–water partition coefficient (Wildman–Crippen LogP) is 0.523. The average Bonchev–Trinajstić information content (AvgIpc) is 1.99. The number of nitrogens with zero attached hydrogens (tertiary/aromatic N) is 1. The van der Waals surface area contributed by atoms with E-state index in [1.165, 1.54) is 6.92 Å². The smallest absolute Gasteiger partial charge is 0.257 e. The monoisotopic (exact) mass is 174 g/mol. The molecule has 0 radical (unpaired) electrons. The van der Waals surface area contributed by atoms with Gasteiger partial charge in [-0.05, 0) is 6.92 Å². The minimum atomic E-state index is -0.354. The van der Waals surface area contributed by atoms with Crippen LogP contribution in [-0.2, 0) is 5.88 Å². The van der Waals surface area contributed by atoms with Crippen molar-refractivity contribution in [1.82, 2.24) is 9.97 Å². The lowest BCUT2D eigenvalue weighted by Crippen LogP contribution is -2.13. The van der Waals surface area contributed by atoms with E-state index in [0.717, 1.165) is 0 Å². The Morgan fingerprint density at radius 2 is 2.36 bits per heavy atom. The Balaban J connectivity index is 3.32. The standard InChI is InChI=1S/C6H7ClN2O2/c1-3-5(10)8-4(2-7)9-6(3)11/h2H2,1H3,(H2,8,9,10,11). The largest absolute Gasteiger partial charge is 0.493 e. The normalized spacial score (nSPS) is 10.0. The molecule has 0 saturated carbocycles. The van der Waals surface area contributed by atoms with Crippen molar-refractivity contribution in [2.24, 2.45) is 0 Å². The molecule has 4 nitrogen and oxygen atoms in total. The molecule has 0 amide bonds. The molecular formula is C6H7ClN2O2. The van der Waals surface area contributed by atoms with Gasteiger partial charge in [-0.1, -0.05) is 0 Å². The van der Waals surface area contributed by atoms with Crippen LogP contribution in [0.5, 0.6) is 5.88 Å². The van der Waals surface area contributed by atoms with E-state index in [9.17, 15) is 4.79 Å². The first-order chi connectivity index (χ1) is 5.15. The van der Waals surface area contributed by atoms with E-state index in [2.05, 4.69) is 9.97 Å². The van der Waals surface area contributed by atoms with Gasteiger partial charge < -0.3 is 10.1 Å². The molecule has 5 heteroatoms. The van der Waals surface area contributed by atoms with Crippen molar-refractivity contribution in [1.29, 1.82) is 0 Å². The van der Waals surface area contributed by atoms with Gasteiger partial charge in [-0.25, -0.2) is 0 Å². The first-order valence-corrected chi connectivity index (χ1v) is 3.53. The molecule has 1 aromatic rings. The van der Waals surface area contributed by atoms with Gasteiger partial charge in [-0.15, -0.1) is 11.6 Å². The molecular weight excluding hydrogens is 168 g/mol. The number of alkyl halides is 1. The quantitative estimate of drug-likeness (QED) is 0.611. The van der Waals surface area contributed by atoms with Crippen LogP contribution in [0.2, 0.25) is 0 Å². The molecule has 0 unspecified atom stereocenters. The highest BCUT2D eigenvalue weighted by molar-refractivity contribution is 6.16. The summed E-state index contributed by atoms with van der Waals surface area (Å²) in [6, 6.07) is 0. The molecule has 11 heavy (non-hydrogen) atoms. The number of hydrogen-bond donors (Lipinski definition) is 2. The summed E-state index contributed by atoms with van der Waals surface area (Å²) in [7, 11) is 0. The SMILES string of the molecule is Cc1c(O)nc(CCl)[nH]c1=O. The summed E-state index contributed by atoms with van der Waals surface area (Å²) in [6.45, 7) is 1.49. The van der Waals surface area contributed by atoms with E-state index in [1.54, 1.807) is 0 Å². The van der Waals surface area contributed by atoms with Crippen LogP contribution in [0.15, 0.2) is 4.79 Å². The Morgan fingerprint density at radius 1 is 1.73 bits per heavy atom. The topological polar surface area (TPSA) is 66.0 Å². The fraction of sp³-hybridized carbons (Fsp3) is 0.333. The average molecular weight is 175 g/mol. The summed E-state index contributed by atoms with van der Waals surface area (Å²) in [5.74, 6) is 0.104. The molecule has 2 N–H and O–H groups in total. The molecule has 0 aliphatic rings. The van der Waals surface area contributed by atoms with Crippen LogP contribution in [0, 0.1) is 6.92 Å². The molecule has 0 spiro atoms. The highest BCUT2D eigenvalue weighted by Gasteiger charge is 2.03. The number of H-pyrrole nitrogens is 1. The van der Waals surface area contributed by atoms with Crippen LogP contribution in [0.4, 0.5) is 0 Å². The fourth-order valence-corrected chi connectivity index (χ4v) is 0.756. The molecule has 0 fully saturated rings. The van der Waals surface area contributed by atoms with Crippen LogP contribution in [-0.4, -0.2) is 15.1 Å². The van der Waals surface area contributed by atoms with E-state index in [4.69, 9.17) is 16.7 Å². The highest BCUT2D eigenvalue weighted by Crippen LogP contribution is 2.06. The molecule has 0 aromatic carbocycles. The van der Waals surface area contributed by atoms with Crippen molar-refractivity contribution in [3.8, 4) is 5.88 Å². The predicted molar refractivity (Wildman–Crippen MR) is 40.8 cm³/mol. The third-order valence-electron chi connectivity index (χ3n) is 1.30. The third kappa shape index (κ3) is 1.51. The lowest BCUT2D eigenvalue weighted by molar-refractivity contribution is 0.444. The van der Waals surface area contributed by atoms with Gasteiger partial charge in [0.05, 0.1) is 11.4 Å². The molecule has 1 aromatic heterocycles. The Hall–Kier alpha value is -1.03. The number of halogens is 1. The van der Waals surface area contributed by atoms with Crippen molar-refractivity contribution in [3.05, 3.63) is 21.7 Å². The lowest BCUT2D eigenvalue weighted by Gasteiger charge is -1.97. The van der Waals surface area contributed by atoms with Gasteiger partial charge in [-0.2, -0.15) is 4.98 Å². The molecule has 1 heterocycles. The highest BCUT2D eigenvalue weighted by atomic mass is 35.5. The molecule has 60 valence electrons. The minimum Gasteiger partial charge on any atom is -0.493 e. The Bertz CT molecular complexity index is 321. The summed E-state index contributed by atoms with van der Waals surface area (Å²) < 4.78 is 0. The molecule has 0 atom stereocenters. The first kappa shape index (κ1) is 8.07. The van der Waals surface area contributed by atoms with E-state index >= 15 is 0 Å². The first-order valence-electron chi connectivity index (χ1n) is 3.00. The van der Waals surface area contributed by atoms with Gasteiger partial charge in [0.2, 0.25) is 5.88 Å². The van der Waals surface area contributed by atoms with E-state index in [0.29, 0.717) is 0 Å². The van der Waals surface area contributed by atoms with Crippen molar-refractivity contribution in [2.45, 2.75) is 12.8 Å². The second-order valence-electron chi connectivity index (χ2n) is 2.09. The van der Waals surface area contributed by atoms with Gasteiger partial charge >= 0.3 is 0 Å². The van der Waals surface area contributed by atoms with Gasteiger partial charge in [0.15, 0.2) is 0 Å². The molecule has 0 bridgehead atoms. The zero-order valence-electron chi connectivity index (χ0n) is 5.89. The van der Waals surface area contributed by atoms with E-state index in [-0.39, 0.29) is 28.7 Å². The summed E-state index contributed by atoms with van der Waals surface area (Å²) in [6.07, 6.45) is 0. The number of nitrogens with one attached hydrogen (secondary N) is 1. The molecule has 0 aliphatic carbocycles. The van der Waals surface area contributed by atoms with Crippen molar-refractivity contribution in [3.63, 3.8) is 0 Å². The van der Waals surface area contributed by atoms with Crippen molar-refractivity contribution < 1.29 is 5.11 Å². The Kier molecular flexibility index (Phi) is 2.14. The van der Waals surface area contributed by atoms with E-state index < -0.39 is 0 Å². The van der Waals surface area contributed by atoms with Gasteiger partial charge in [-0.3, -0.25) is 4.79 Å². The van der Waals surface area contributed by atoms with Gasteiger partial charge in [0, 0.05) is 0 Å². The fourth-order valence-electron chi connectivity index (χ4n) is 0.629. The number of hydrogen-bond acceptors (Lipinski definition) is 3. The van der Waals surface area contributed by atoms with Gasteiger partial charge in [0.25, 0.3) is 5.56 Å². The van der Waals surface area contributed by atoms with Crippen LogP contribution >= 0.6 is 11.6 Å². The number of aromatic hydroxyl groups is 1. The second kappa shape index (κ2) is 2.92. The van der Waals surface area contributed by atoms with E-state index in [1.807, 2.05) is 0 Å². The number of aromatic amines is 1. The lowest BCUT2D eigenvalue weighted by atomic mass is 10.3. The van der Waals surface area contributed by atoms with Crippen molar-refractivity contribution in [2.75, 3.05) is 0 Å². The van der Waals surface area contributed by atoms with Crippen LogP contribution < -0.4 is 5.56 Å². The number of rotatable bonds is 1. The zero-order chi connectivity index (χ0) is 8.43. The summed E-state index contributed by atoms with van der Waals surface area (Å²) in [4.78, 5) is 16.9. The number of aromatic nitrogens is 2. The summed E-state index contributed by atoms with van der Waals surface area (Å²) in [5, 5.41) is 9.02. The zero-order valence-corrected chi connectivity index (χ0v) is 6.64. The maximum Gasteiger partial charge on any atom is 0.257 e. The van der Waals surface area contributed by atoms with Crippen LogP contribution in [0.25, 0.3) is 0 Å². The maximum absolute atomic E-state index is 10.9. The third-order valence-corrected chi connectivity index (χ3v) is 1.55. The summed E-state index contributed by atoms with van der Waals surface area (Å²) in [5.41, 5.74) is -0.146. The molecule has 0 aliphatic heterocycles. The molecule has 0 saturated heterocycles. The van der Waals surface area contributed by atoms with Crippen LogP contribution in [0.1, 0.15) is 11.4 Å².